The number of aryl methyl sites for hydroxylation is 1. The molecule has 1 amide bonds. The summed E-state index contributed by atoms with van der Waals surface area (Å²) in [5.41, 5.74) is 2.00. The Kier molecular flexibility index (Phi) is 6.49. The zero-order chi connectivity index (χ0) is 19.9. The van der Waals surface area contributed by atoms with Gasteiger partial charge in [-0.15, -0.1) is 11.3 Å². The lowest BCUT2D eigenvalue weighted by molar-refractivity contribution is -0.124. The smallest absolute Gasteiger partial charge is 0.350 e. The summed E-state index contributed by atoms with van der Waals surface area (Å²) in [6.07, 6.45) is 0.362. The molecule has 3 rings (SSSR count). The standard InChI is InChI=1S/C21H19FN2O3S/c1-14-19(28-20(24-14)16-8-3-2-4-9-16)21(26)27-13-18(25)23-12-11-15-7-5-6-10-17(15)22/h2-10H,11-13H2,1H3,(H,23,25). The van der Waals surface area contributed by atoms with Crippen molar-refractivity contribution in [2.75, 3.05) is 13.2 Å². The van der Waals surface area contributed by atoms with Gasteiger partial charge in [-0.05, 0) is 25.0 Å². The Balaban J connectivity index is 1.49. The molecule has 0 spiro atoms. The van der Waals surface area contributed by atoms with Gasteiger partial charge in [0.05, 0.1) is 5.69 Å². The molecule has 0 aliphatic heterocycles. The molecule has 0 radical (unpaired) electrons. The Bertz CT molecular complexity index is 973. The Hall–Kier alpha value is -3.06. The quantitative estimate of drug-likeness (QED) is 0.615. The van der Waals surface area contributed by atoms with Gasteiger partial charge in [0.1, 0.15) is 15.7 Å². The summed E-state index contributed by atoms with van der Waals surface area (Å²) in [6, 6.07) is 15.9. The molecule has 28 heavy (non-hydrogen) atoms. The van der Waals surface area contributed by atoms with E-state index in [9.17, 15) is 14.0 Å². The SMILES string of the molecule is Cc1nc(-c2ccccc2)sc1C(=O)OCC(=O)NCCc1ccccc1F. The number of rotatable bonds is 7. The van der Waals surface area contributed by atoms with E-state index < -0.39 is 18.5 Å². The molecule has 0 atom stereocenters. The van der Waals surface area contributed by atoms with Crippen LogP contribution in [-0.4, -0.2) is 30.0 Å². The number of ether oxygens (including phenoxy) is 1. The van der Waals surface area contributed by atoms with Gasteiger partial charge in [0.2, 0.25) is 0 Å². The Morgan fingerprint density at radius 1 is 1.11 bits per heavy atom. The highest BCUT2D eigenvalue weighted by molar-refractivity contribution is 7.17. The van der Waals surface area contributed by atoms with E-state index in [0.717, 1.165) is 10.6 Å². The van der Waals surface area contributed by atoms with Crippen molar-refractivity contribution in [3.05, 3.63) is 76.5 Å². The summed E-state index contributed by atoms with van der Waals surface area (Å²) in [5, 5.41) is 3.34. The van der Waals surface area contributed by atoms with E-state index in [1.54, 1.807) is 25.1 Å². The van der Waals surface area contributed by atoms with Crippen molar-refractivity contribution in [1.82, 2.24) is 10.3 Å². The Labute approximate surface area is 166 Å². The topological polar surface area (TPSA) is 68.3 Å². The third kappa shape index (κ3) is 5.01. The molecule has 0 aliphatic rings. The highest BCUT2D eigenvalue weighted by Gasteiger charge is 2.18. The first-order valence-corrected chi connectivity index (χ1v) is 9.56. The molecular weight excluding hydrogens is 379 g/mol. The first-order valence-electron chi connectivity index (χ1n) is 8.74. The van der Waals surface area contributed by atoms with Crippen molar-refractivity contribution in [1.29, 1.82) is 0 Å². The van der Waals surface area contributed by atoms with Crippen LogP contribution in [0.1, 0.15) is 20.9 Å². The molecule has 0 bridgehead atoms. The van der Waals surface area contributed by atoms with Crippen LogP contribution >= 0.6 is 11.3 Å². The highest BCUT2D eigenvalue weighted by Crippen LogP contribution is 2.28. The maximum Gasteiger partial charge on any atom is 0.350 e. The lowest BCUT2D eigenvalue weighted by atomic mass is 10.1. The minimum absolute atomic E-state index is 0.259. The molecule has 0 unspecified atom stereocenters. The van der Waals surface area contributed by atoms with Crippen molar-refractivity contribution in [2.24, 2.45) is 0 Å². The van der Waals surface area contributed by atoms with Crippen LogP contribution in [0, 0.1) is 12.7 Å². The van der Waals surface area contributed by atoms with Crippen LogP contribution in [0.15, 0.2) is 54.6 Å². The summed E-state index contributed by atoms with van der Waals surface area (Å²) in [4.78, 5) is 28.9. The molecule has 3 aromatic rings. The van der Waals surface area contributed by atoms with Gasteiger partial charge in [-0.25, -0.2) is 14.2 Å². The molecule has 0 saturated heterocycles. The second-order valence-electron chi connectivity index (χ2n) is 6.07. The van der Waals surface area contributed by atoms with Crippen molar-refractivity contribution in [3.8, 4) is 10.6 Å². The molecule has 0 saturated carbocycles. The van der Waals surface area contributed by atoms with E-state index in [0.29, 0.717) is 22.6 Å². The van der Waals surface area contributed by atoms with E-state index in [4.69, 9.17) is 4.74 Å². The summed E-state index contributed by atoms with van der Waals surface area (Å²) in [7, 11) is 0. The molecule has 1 N–H and O–H groups in total. The number of nitrogens with zero attached hydrogens (tertiary/aromatic N) is 1. The van der Waals surface area contributed by atoms with Crippen LogP contribution in [0.5, 0.6) is 0 Å². The van der Waals surface area contributed by atoms with Gasteiger partial charge >= 0.3 is 5.97 Å². The number of aromatic nitrogens is 1. The Morgan fingerprint density at radius 3 is 2.57 bits per heavy atom. The number of thiazole rings is 1. The van der Waals surface area contributed by atoms with Gasteiger partial charge in [0.15, 0.2) is 6.61 Å². The maximum atomic E-state index is 13.5. The lowest BCUT2D eigenvalue weighted by Gasteiger charge is -2.07. The van der Waals surface area contributed by atoms with Crippen LogP contribution in [0.3, 0.4) is 0 Å². The first kappa shape index (κ1) is 19.7. The van der Waals surface area contributed by atoms with Crippen molar-refractivity contribution in [2.45, 2.75) is 13.3 Å². The number of halogens is 1. The average Bonchev–Trinajstić information content (AvgIpc) is 3.10. The van der Waals surface area contributed by atoms with Crippen molar-refractivity contribution in [3.63, 3.8) is 0 Å². The van der Waals surface area contributed by atoms with Crippen molar-refractivity contribution >= 4 is 23.2 Å². The largest absolute Gasteiger partial charge is 0.451 e. The van der Waals surface area contributed by atoms with Gasteiger partial charge in [-0.2, -0.15) is 0 Å². The Morgan fingerprint density at radius 2 is 1.82 bits per heavy atom. The van der Waals surface area contributed by atoms with Crippen LogP contribution in [0.25, 0.3) is 10.6 Å². The number of benzene rings is 2. The van der Waals surface area contributed by atoms with E-state index >= 15 is 0 Å². The number of carbonyl (C=O) groups is 2. The van der Waals surface area contributed by atoms with E-state index in [1.165, 1.54) is 17.4 Å². The van der Waals surface area contributed by atoms with Gasteiger partial charge in [0.25, 0.3) is 5.91 Å². The lowest BCUT2D eigenvalue weighted by Crippen LogP contribution is -2.30. The fourth-order valence-corrected chi connectivity index (χ4v) is 3.54. The number of amides is 1. The second-order valence-corrected chi connectivity index (χ2v) is 7.07. The fraction of sp³-hybridized carbons (Fsp3) is 0.190. The van der Waals surface area contributed by atoms with Gasteiger partial charge in [0, 0.05) is 12.1 Å². The normalized spacial score (nSPS) is 10.5. The summed E-state index contributed by atoms with van der Waals surface area (Å²) >= 11 is 1.23. The van der Waals surface area contributed by atoms with Gasteiger partial charge in [-0.1, -0.05) is 48.5 Å². The maximum absolute atomic E-state index is 13.5. The van der Waals surface area contributed by atoms with Gasteiger partial charge in [-0.3, -0.25) is 4.79 Å². The van der Waals surface area contributed by atoms with E-state index in [-0.39, 0.29) is 12.4 Å². The molecule has 0 fully saturated rings. The minimum atomic E-state index is -0.582. The first-order chi connectivity index (χ1) is 13.5. The molecule has 144 valence electrons. The number of esters is 1. The van der Waals surface area contributed by atoms with Gasteiger partial charge < -0.3 is 10.1 Å². The summed E-state index contributed by atoms with van der Waals surface area (Å²) in [6.45, 7) is 1.59. The predicted octanol–water partition coefficient (Wildman–Crippen LogP) is 3.77. The van der Waals surface area contributed by atoms with Crippen molar-refractivity contribution < 1.29 is 18.7 Å². The van der Waals surface area contributed by atoms with Crippen LogP contribution < -0.4 is 5.32 Å². The van der Waals surface area contributed by atoms with E-state index in [2.05, 4.69) is 10.3 Å². The molecule has 1 heterocycles. The van der Waals surface area contributed by atoms with Crippen LogP contribution in [-0.2, 0) is 16.0 Å². The molecule has 2 aromatic carbocycles. The third-order valence-electron chi connectivity index (χ3n) is 4.01. The number of nitrogens with one attached hydrogen (secondary N) is 1. The third-order valence-corrected chi connectivity index (χ3v) is 5.20. The number of carbonyl (C=O) groups excluding carboxylic acids is 2. The highest BCUT2D eigenvalue weighted by atomic mass is 32.1. The zero-order valence-electron chi connectivity index (χ0n) is 15.3. The van der Waals surface area contributed by atoms with E-state index in [1.807, 2.05) is 30.3 Å². The molecule has 7 heteroatoms. The fourth-order valence-electron chi connectivity index (χ4n) is 2.58. The van der Waals surface area contributed by atoms with Crippen LogP contribution in [0.2, 0.25) is 0 Å². The zero-order valence-corrected chi connectivity index (χ0v) is 16.1. The second kappa shape index (κ2) is 9.23. The number of hydrogen-bond acceptors (Lipinski definition) is 5. The summed E-state index contributed by atoms with van der Waals surface area (Å²) < 4.78 is 18.6. The molecular formula is C21H19FN2O3S. The molecule has 1 aromatic heterocycles. The molecule has 5 nitrogen and oxygen atoms in total. The molecule has 0 aliphatic carbocycles. The average molecular weight is 398 g/mol. The monoisotopic (exact) mass is 398 g/mol. The minimum Gasteiger partial charge on any atom is -0.451 e. The number of hydrogen-bond donors (Lipinski definition) is 1. The predicted molar refractivity (Wildman–Crippen MR) is 106 cm³/mol. The summed E-state index contributed by atoms with van der Waals surface area (Å²) in [5.74, 6) is -1.32. The van der Waals surface area contributed by atoms with Crippen LogP contribution in [0.4, 0.5) is 4.39 Å².